The fourth-order valence-electron chi connectivity index (χ4n) is 3.37. The van der Waals surface area contributed by atoms with Crippen molar-refractivity contribution < 1.29 is 14.6 Å². The minimum absolute atomic E-state index is 0.103. The van der Waals surface area contributed by atoms with Crippen LogP contribution in [0.1, 0.15) is 17.2 Å². The van der Waals surface area contributed by atoms with Gasteiger partial charge in [0.2, 0.25) is 0 Å². The van der Waals surface area contributed by atoms with Crippen molar-refractivity contribution in [2.45, 2.75) is 6.04 Å². The van der Waals surface area contributed by atoms with Crippen molar-refractivity contribution in [3.8, 4) is 17.2 Å². The van der Waals surface area contributed by atoms with Gasteiger partial charge < -0.3 is 14.6 Å². The van der Waals surface area contributed by atoms with E-state index in [1.54, 1.807) is 26.4 Å². The number of methoxy groups -OCH3 is 2. The fraction of sp³-hybridized carbons (Fsp3) is 0.130. The molecule has 5 heteroatoms. The maximum absolute atomic E-state index is 9.66. The zero-order valence-corrected chi connectivity index (χ0v) is 15.8. The highest BCUT2D eigenvalue weighted by atomic mass is 16.5. The lowest BCUT2D eigenvalue weighted by atomic mass is 10.0. The van der Waals surface area contributed by atoms with E-state index in [4.69, 9.17) is 9.47 Å². The lowest BCUT2D eigenvalue weighted by Crippen LogP contribution is -2.33. The van der Waals surface area contributed by atoms with Crippen LogP contribution < -0.4 is 19.9 Å². The van der Waals surface area contributed by atoms with Crippen molar-refractivity contribution in [1.82, 2.24) is 5.43 Å². The van der Waals surface area contributed by atoms with Gasteiger partial charge in [0.05, 0.1) is 31.6 Å². The molecule has 0 fully saturated rings. The number of hydrogen-bond acceptors (Lipinski definition) is 5. The van der Waals surface area contributed by atoms with E-state index in [-0.39, 0.29) is 11.8 Å². The second-order valence-electron chi connectivity index (χ2n) is 6.48. The van der Waals surface area contributed by atoms with Crippen LogP contribution in [0.5, 0.6) is 17.2 Å². The van der Waals surface area contributed by atoms with Crippen LogP contribution >= 0.6 is 0 Å². The molecule has 0 radical (unpaired) electrons. The Bertz CT molecular complexity index is 984. The number of aromatic hydroxyl groups is 1. The highest BCUT2D eigenvalue weighted by molar-refractivity contribution is 5.81. The molecular weight excluding hydrogens is 352 g/mol. The van der Waals surface area contributed by atoms with Crippen molar-refractivity contribution in [2.24, 2.45) is 0 Å². The number of rotatable bonds is 5. The van der Waals surface area contributed by atoms with Gasteiger partial charge in [-0.1, -0.05) is 18.2 Å². The number of nitrogens with one attached hydrogen (secondary N) is 1. The van der Waals surface area contributed by atoms with Gasteiger partial charge in [-0.25, -0.2) is 5.43 Å². The Balaban J connectivity index is 1.79. The largest absolute Gasteiger partial charge is 0.508 e. The van der Waals surface area contributed by atoms with Gasteiger partial charge in [-0.15, -0.1) is 0 Å². The van der Waals surface area contributed by atoms with Crippen molar-refractivity contribution in [3.63, 3.8) is 0 Å². The van der Waals surface area contributed by atoms with E-state index in [1.165, 1.54) is 0 Å². The van der Waals surface area contributed by atoms with E-state index in [1.807, 2.05) is 60.7 Å². The van der Waals surface area contributed by atoms with Gasteiger partial charge in [-0.05, 0) is 66.2 Å². The SMILES string of the molecule is COc1ccc(OC)c(C2C=C(c3ccc(O)cc3)N(c3ccccc3)N2)c1. The van der Waals surface area contributed by atoms with E-state index in [0.29, 0.717) is 0 Å². The van der Waals surface area contributed by atoms with Crippen molar-refractivity contribution >= 4 is 11.4 Å². The molecule has 0 saturated heterocycles. The highest BCUT2D eigenvalue weighted by Gasteiger charge is 2.28. The number of hydrazine groups is 1. The van der Waals surface area contributed by atoms with E-state index in [9.17, 15) is 5.11 Å². The van der Waals surface area contributed by atoms with Crippen LogP contribution in [0.25, 0.3) is 5.70 Å². The molecule has 0 bridgehead atoms. The van der Waals surface area contributed by atoms with Gasteiger partial charge in [-0.3, -0.25) is 5.01 Å². The van der Waals surface area contributed by atoms with Gasteiger partial charge >= 0.3 is 0 Å². The second-order valence-corrected chi connectivity index (χ2v) is 6.48. The topological polar surface area (TPSA) is 54.0 Å². The van der Waals surface area contributed by atoms with Crippen LogP contribution in [-0.4, -0.2) is 19.3 Å². The summed E-state index contributed by atoms with van der Waals surface area (Å²) in [6.07, 6.45) is 2.15. The van der Waals surface area contributed by atoms with Gasteiger partial charge in [-0.2, -0.15) is 0 Å². The normalized spacial score (nSPS) is 16.0. The molecule has 0 spiro atoms. The number of benzene rings is 3. The summed E-state index contributed by atoms with van der Waals surface area (Å²) in [7, 11) is 3.32. The highest BCUT2D eigenvalue weighted by Crippen LogP contribution is 2.38. The number of para-hydroxylation sites is 1. The van der Waals surface area contributed by atoms with Gasteiger partial charge in [0, 0.05) is 5.56 Å². The van der Waals surface area contributed by atoms with Crippen molar-refractivity contribution in [2.75, 3.05) is 19.2 Å². The lowest BCUT2D eigenvalue weighted by Gasteiger charge is -2.25. The van der Waals surface area contributed by atoms with Crippen LogP contribution in [0.3, 0.4) is 0 Å². The molecule has 2 N–H and O–H groups in total. The Morgan fingerprint density at radius 3 is 2.32 bits per heavy atom. The maximum Gasteiger partial charge on any atom is 0.124 e. The average Bonchev–Trinajstić information content (AvgIpc) is 3.19. The lowest BCUT2D eigenvalue weighted by molar-refractivity contribution is 0.395. The zero-order valence-electron chi connectivity index (χ0n) is 15.8. The standard InChI is InChI=1S/C23H22N2O3/c1-27-19-12-13-23(28-2)20(14-19)21-15-22(16-8-10-18(26)11-9-16)25(24-21)17-6-4-3-5-7-17/h3-15,21,24,26H,1-2H3. The number of phenolic OH excluding ortho intramolecular Hbond substituents is 1. The molecule has 3 aromatic rings. The Kier molecular flexibility index (Phi) is 4.91. The molecule has 1 heterocycles. The van der Waals surface area contributed by atoms with Crippen LogP contribution in [0, 0.1) is 0 Å². The van der Waals surface area contributed by atoms with Crippen molar-refractivity contribution in [1.29, 1.82) is 0 Å². The third kappa shape index (κ3) is 3.40. The number of anilines is 1. The molecule has 4 rings (SSSR count). The number of phenols is 1. The summed E-state index contributed by atoms with van der Waals surface area (Å²) in [5.41, 5.74) is 7.56. The minimum Gasteiger partial charge on any atom is -0.508 e. The quantitative estimate of drug-likeness (QED) is 0.688. The molecule has 1 atom stereocenters. The first-order valence-corrected chi connectivity index (χ1v) is 9.04. The van der Waals surface area contributed by atoms with Crippen LogP contribution in [0.15, 0.2) is 78.9 Å². The monoisotopic (exact) mass is 374 g/mol. The fourth-order valence-corrected chi connectivity index (χ4v) is 3.37. The number of nitrogens with zero attached hydrogens (tertiary/aromatic N) is 1. The molecule has 1 unspecified atom stereocenters. The van der Waals surface area contributed by atoms with Gasteiger partial charge in [0.25, 0.3) is 0 Å². The Hall–Kier alpha value is -3.44. The van der Waals surface area contributed by atoms with Crippen LogP contribution in [-0.2, 0) is 0 Å². The van der Waals surface area contributed by atoms with Gasteiger partial charge in [0.1, 0.15) is 17.2 Å². The number of hydrogen-bond donors (Lipinski definition) is 2. The molecular formula is C23H22N2O3. The Labute approximate surface area is 164 Å². The molecule has 0 aromatic heterocycles. The first kappa shape index (κ1) is 17.9. The second kappa shape index (κ2) is 7.66. The van der Waals surface area contributed by atoms with E-state index in [0.717, 1.165) is 34.0 Å². The molecule has 28 heavy (non-hydrogen) atoms. The Morgan fingerprint density at radius 1 is 0.893 bits per heavy atom. The summed E-state index contributed by atoms with van der Waals surface area (Å²) in [6.45, 7) is 0. The van der Waals surface area contributed by atoms with Crippen molar-refractivity contribution in [3.05, 3.63) is 90.0 Å². The predicted octanol–water partition coefficient (Wildman–Crippen LogP) is 4.52. The molecule has 0 amide bonds. The van der Waals surface area contributed by atoms with E-state index < -0.39 is 0 Å². The molecule has 142 valence electrons. The smallest absolute Gasteiger partial charge is 0.124 e. The molecule has 0 saturated carbocycles. The number of ether oxygens (including phenoxy) is 2. The molecule has 5 nitrogen and oxygen atoms in total. The summed E-state index contributed by atoms with van der Waals surface area (Å²) < 4.78 is 11.0. The van der Waals surface area contributed by atoms with Crippen LogP contribution in [0.2, 0.25) is 0 Å². The van der Waals surface area contributed by atoms with E-state index in [2.05, 4.69) is 16.5 Å². The summed E-state index contributed by atoms with van der Waals surface area (Å²) >= 11 is 0. The first-order valence-electron chi connectivity index (χ1n) is 9.04. The summed E-state index contributed by atoms with van der Waals surface area (Å²) in [6, 6.07) is 23.0. The predicted molar refractivity (Wildman–Crippen MR) is 110 cm³/mol. The molecule has 0 aliphatic carbocycles. The molecule has 1 aliphatic heterocycles. The zero-order chi connectivity index (χ0) is 19.5. The summed E-state index contributed by atoms with van der Waals surface area (Å²) in [5, 5.41) is 11.7. The Morgan fingerprint density at radius 2 is 1.64 bits per heavy atom. The maximum atomic E-state index is 9.66. The molecule has 1 aliphatic rings. The summed E-state index contributed by atoms with van der Waals surface area (Å²) in [4.78, 5) is 0. The third-order valence-electron chi connectivity index (χ3n) is 4.78. The third-order valence-corrected chi connectivity index (χ3v) is 4.78. The first-order chi connectivity index (χ1) is 13.7. The van der Waals surface area contributed by atoms with Gasteiger partial charge in [0.15, 0.2) is 0 Å². The summed E-state index contributed by atoms with van der Waals surface area (Å²) in [5.74, 6) is 1.80. The molecule has 3 aromatic carbocycles. The van der Waals surface area contributed by atoms with E-state index >= 15 is 0 Å². The van der Waals surface area contributed by atoms with Crippen LogP contribution in [0.4, 0.5) is 5.69 Å². The minimum atomic E-state index is -0.103. The average molecular weight is 374 g/mol.